The summed E-state index contributed by atoms with van der Waals surface area (Å²) in [6.07, 6.45) is -2.85. The Balaban J connectivity index is 1.97. The second kappa shape index (κ2) is 7.34. The number of aromatic nitrogens is 2. The Morgan fingerprint density at radius 1 is 1.00 bits per heavy atom. The summed E-state index contributed by atoms with van der Waals surface area (Å²) in [5.41, 5.74) is 1.80. The number of hydrogen-bond acceptors (Lipinski definition) is 1. The fraction of sp³-hybridized carbons (Fsp3) is 0.125. The summed E-state index contributed by atoms with van der Waals surface area (Å²) >= 11 is 0. The van der Waals surface area contributed by atoms with E-state index in [1.807, 2.05) is 0 Å². The summed E-state index contributed by atoms with van der Waals surface area (Å²) in [5, 5.41) is 0. The van der Waals surface area contributed by atoms with Gasteiger partial charge in [-0.3, -0.25) is 4.40 Å². The molecule has 0 bridgehead atoms. The molecule has 0 saturated carbocycles. The van der Waals surface area contributed by atoms with E-state index < -0.39 is 23.4 Å². The molecule has 4 rings (SSSR count). The number of alkyl halides is 3. The van der Waals surface area contributed by atoms with Gasteiger partial charge in [0.05, 0.1) is 22.3 Å². The molecular weight excluding hydrogens is 411 g/mol. The van der Waals surface area contributed by atoms with Crippen molar-refractivity contribution in [2.75, 3.05) is 0 Å². The lowest BCUT2D eigenvalue weighted by atomic mass is 9.95. The van der Waals surface area contributed by atoms with Crippen molar-refractivity contribution >= 4 is 11.1 Å². The highest BCUT2D eigenvalue weighted by atomic mass is 19.4. The number of nitrogens with zero attached hydrogens (tertiary/aromatic N) is 2. The van der Waals surface area contributed by atoms with E-state index in [1.54, 1.807) is 29.7 Å². The third-order valence-corrected chi connectivity index (χ3v) is 5.13. The Labute approximate surface area is 175 Å². The van der Waals surface area contributed by atoms with Gasteiger partial charge in [-0.1, -0.05) is 30.4 Å². The maximum absolute atomic E-state index is 14.4. The van der Waals surface area contributed by atoms with Crippen molar-refractivity contribution in [2.24, 2.45) is 0 Å². The number of aryl methyl sites for hydroxylation is 1. The molecule has 2 nitrogen and oxygen atoms in total. The summed E-state index contributed by atoms with van der Waals surface area (Å²) in [6.45, 7) is 6.91. The smallest absolute Gasteiger partial charge is 0.299 e. The van der Waals surface area contributed by atoms with Gasteiger partial charge in [-0.15, -0.1) is 0 Å². The fourth-order valence-electron chi connectivity index (χ4n) is 3.73. The molecule has 0 radical (unpaired) electrons. The van der Waals surface area contributed by atoms with Crippen molar-refractivity contribution in [1.29, 1.82) is 0 Å². The van der Waals surface area contributed by atoms with Crippen molar-refractivity contribution < 1.29 is 22.0 Å². The molecule has 31 heavy (non-hydrogen) atoms. The first-order valence-corrected chi connectivity index (χ1v) is 9.39. The van der Waals surface area contributed by atoms with Gasteiger partial charge in [0, 0.05) is 11.8 Å². The lowest BCUT2D eigenvalue weighted by Gasteiger charge is -2.15. The summed E-state index contributed by atoms with van der Waals surface area (Å²) in [6, 6.07) is 11.1. The van der Waals surface area contributed by atoms with Crippen LogP contribution in [-0.4, -0.2) is 9.38 Å². The quantitative estimate of drug-likeness (QED) is 0.313. The second-order valence-electron chi connectivity index (χ2n) is 7.30. The minimum atomic E-state index is -4.51. The molecule has 0 unspecified atom stereocenters. The molecule has 158 valence electrons. The molecular formula is C24H17F5N2. The van der Waals surface area contributed by atoms with E-state index in [2.05, 4.69) is 11.6 Å². The molecule has 0 spiro atoms. The van der Waals surface area contributed by atoms with Gasteiger partial charge in [-0.05, 0) is 55.3 Å². The van der Waals surface area contributed by atoms with Crippen molar-refractivity contribution in [3.8, 4) is 22.5 Å². The molecule has 2 heterocycles. The van der Waals surface area contributed by atoms with E-state index in [0.717, 1.165) is 12.1 Å². The molecule has 4 aromatic rings. The first-order chi connectivity index (χ1) is 14.6. The number of pyridine rings is 1. The van der Waals surface area contributed by atoms with Crippen LogP contribution in [0.4, 0.5) is 22.0 Å². The Bertz CT molecular complexity index is 1330. The highest BCUT2D eigenvalue weighted by Gasteiger charge is 2.33. The molecule has 0 aliphatic heterocycles. The van der Waals surface area contributed by atoms with Gasteiger partial charge in [-0.25, -0.2) is 13.8 Å². The first-order valence-electron chi connectivity index (χ1n) is 9.39. The van der Waals surface area contributed by atoms with E-state index in [4.69, 9.17) is 0 Å². The molecule has 0 fully saturated rings. The largest absolute Gasteiger partial charge is 0.416 e. The van der Waals surface area contributed by atoms with Crippen molar-refractivity contribution in [1.82, 2.24) is 9.38 Å². The van der Waals surface area contributed by atoms with E-state index in [-0.39, 0.29) is 22.5 Å². The average Bonchev–Trinajstić information content (AvgIpc) is 3.05. The summed E-state index contributed by atoms with van der Waals surface area (Å²) in [7, 11) is 0. The predicted octanol–water partition coefficient (Wildman–Crippen LogP) is 7.31. The summed E-state index contributed by atoms with van der Waals surface area (Å²) in [5.74, 6) is -1.80. The van der Waals surface area contributed by atoms with Crippen LogP contribution in [-0.2, 0) is 6.18 Å². The summed E-state index contributed by atoms with van der Waals surface area (Å²) in [4.78, 5) is 4.42. The number of imidazole rings is 1. The highest BCUT2D eigenvalue weighted by molar-refractivity contribution is 5.86. The van der Waals surface area contributed by atoms with Crippen LogP contribution in [0.5, 0.6) is 0 Å². The first kappa shape index (κ1) is 20.8. The lowest BCUT2D eigenvalue weighted by Crippen LogP contribution is -2.08. The molecule has 0 aliphatic carbocycles. The number of fused-ring (bicyclic) bond motifs is 1. The molecule has 0 atom stereocenters. The Kier molecular flexibility index (Phi) is 4.92. The molecule has 0 aliphatic rings. The minimum Gasteiger partial charge on any atom is -0.299 e. The number of hydrogen-bond donors (Lipinski definition) is 0. The number of allylic oxidation sites excluding steroid dienone is 1. The SMILES string of the molecule is C=C(C)c1cc(-c2cccn3c(-c4cccc(F)c4F)nc(C)c23)ccc1C(F)(F)F. The molecule has 2 aromatic heterocycles. The zero-order valence-electron chi connectivity index (χ0n) is 16.7. The number of rotatable bonds is 3. The van der Waals surface area contributed by atoms with Gasteiger partial charge in [-0.2, -0.15) is 13.2 Å². The molecule has 0 amide bonds. The highest BCUT2D eigenvalue weighted by Crippen LogP contribution is 2.38. The second-order valence-corrected chi connectivity index (χ2v) is 7.30. The standard InChI is InChI=1S/C24H17F5N2/c1-13(2)18-12-15(9-10-19(18)24(27,28)29)16-7-5-11-31-22(16)14(3)30-23(31)17-6-4-8-20(25)21(17)26/h4-12H,1H2,2-3H3. The van der Waals surface area contributed by atoms with Crippen LogP contribution in [0.2, 0.25) is 0 Å². The van der Waals surface area contributed by atoms with Crippen LogP contribution in [0, 0.1) is 18.6 Å². The zero-order valence-corrected chi connectivity index (χ0v) is 16.7. The van der Waals surface area contributed by atoms with Crippen LogP contribution in [0.25, 0.3) is 33.6 Å². The van der Waals surface area contributed by atoms with Gasteiger partial charge in [0.1, 0.15) is 5.82 Å². The molecule has 7 heteroatoms. The van der Waals surface area contributed by atoms with Gasteiger partial charge in [0.25, 0.3) is 0 Å². The Hall–Kier alpha value is -3.48. The van der Waals surface area contributed by atoms with E-state index in [9.17, 15) is 22.0 Å². The van der Waals surface area contributed by atoms with Crippen LogP contribution in [0.1, 0.15) is 23.7 Å². The van der Waals surface area contributed by atoms with E-state index in [0.29, 0.717) is 22.3 Å². The average molecular weight is 428 g/mol. The Morgan fingerprint density at radius 2 is 1.71 bits per heavy atom. The normalized spacial score (nSPS) is 11.8. The number of benzene rings is 2. The van der Waals surface area contributed by atoms with E-state index in [1.165, 1.54) is 31.2 Å². The van der Waals surface area contributed by atoms with E-state index >= 15 is 0 Å². The van der Waals surface area contributed by atoms with Crippen molar-refractivity contribution in [3.05, 3.63) is 89.8 Å². The summed E-state index contributed by atoms with van der Waals surface area (Å²) < 4.78 is 70.0. The van der Waals surface area contributed by atoms with Crippen LogP contribution >= 0.6 is 0 Å². The fourth-order valence-corrected chi connectivity index (χ4v) is 3.73. The number of halogens is 5. The van der Waals surface area contributed by atoms with Gasteiger partial charge >= 0.3 is 6.18 Å². The van der Waals surface area contributed by atoms with Crippen LogP contribution in [0.15, 0.2) is 61.3 Å². The van der Waals surface area contributed by atoms with Crippen LogP contribution < -0.4 is 0 Å². The van der Waals surface area contributed by atoms with Crippen LogP contribution in [0.3, 0.4) is 0 Å². The van der Waals surface area contributed by atoms with Gasteiger partial charge in [0.2, 0.25) is 0 Å². The Morgan fingerprint density at radius 3 is 2.39 bits per heavy atom. The minimum absolute atomic E-state index is 0.000528. The molecule has 0 saturated heterocycles. The van der Waals surface area contributed by atoms with Crippen molar-refractivity contribution in [3.63, 3.8) is 0 Å². The van der Waals surface area contributed by atoms with Crippen molar-refractivity contribution in [2.45, 2.75) is 20.0 Å². The third-order valence-electron chi connectivity index (χ3n) is 5.13. The van der Waals surface area contributed by atoms with Gasteiger partial charge < -0.3 is 0 Å². The van der Waals surface area contributed by atoms with Gasteiger partial charge in [0.15, 0.2) is 11.6 Å². The maximum Gasteiger partial charge on any atom is 0.416 e. The third kappa shape index (κ3) is 3.50. The zero-order chi connectivity index (χ0) is 22.5. The predicted molar refractivity (Wildman–Crippen MR) is 110 cm³/mol. The molecule has 0 N–H and O–H groups in total. The monoisotopic (exact) mass is 428 g/mol. The molecule has 2 aromatic carbocycles. The maximum atomic E-state index is 14.4. The lowest BCUT2D eigenvalue weighted by molar-refractivity contribution is -0.137. The topological polar surface area (TPSA) is 17.3 Å².